The van der Waals surface area contributed by atoms with E-state index < -0.39 is 0 Å². The van der Waals surface area contributed by atoms with Crippen molar-refractivity contribution in [3.8, 4) is 11.8 Å². The molecule has 0 aliphatic carbocycles. The van der Waals surface area contributed by atoms with Gasteiger partial charge >= 0.3 is 0 Å². The molecule has 0 saturated carbocycles. The molecule has 1 N–H and O–H groups in total. The third kappa shape index (κ3) is 3.80. The smallest absolute Gasteiger partial charge is 0.104 e. The van der Waals surface area contributed by atoms with E-state index in [-0.39, 0.29) is 6.61 Å². The first-order valence-corrected chi connectivity index (χ1v) is 5.15. The molecule has 0 aromatic carbocycles. The molecule has 0 spiro atoms. The average molecular weight is 181 g/mol. The summed E-state index contributed by atoms with van der Waals surface area (Å²) in [5.41, 5.74) is 0. The molecule has 2 heteroatoms. The Kier molecular flexibility index (Phi) is 4.88. The lowest BCUT2D eigenvalue weighted by Gasteiger charge is -2.30. The summed E-state index contributed by atoms with van der Waals surface area (Å²) < 4.78 is 0. The summed E-state index contributed by atoms with van der Waals surface area (Å²) in [7, 11) is 0. The van der Waals surface area contributed by atoms with Gasteiger partial charge in [0.1, 0.15) is 6.61 Å². The number of aliphatic hydroxyl groups excluding tert-OH is 1. The molecular formula is C11H19NO. The molecule has 0 aromatic heterocycles. The maximum atomic E-state index is 8.51. The molecule has 1 rings (SSSR count). The second-order valence-corrected chi connectivity index (χ2v) is 3.62. The van der Waals surface area contributed by atoms with Gasteiger partial charge in [-0.15, -0.1) is 5.92 Å². The second kappa shape index (κ2) is 6.01. The van der Waals surface area contributed by atoms with Gasteiger partial charge < -0.3 is 10.0 Å². The van der Waals surface area contributed by atoms with Gasteiger partial charge in [-0.2, -0.15) is 0 Å². The van der Waals surface area contributed by atoms with Gasteiger partial charge in [0, 0.05) is 13.0 Å². The number of piperidine rings is 1. The first-order chi connectivity index (χ1) is 6.36. The van der Waals surface area contributed by atoms with Gasteiger partial charge in [0.25, 0.3) is 0 Å². The van der Waals surface area contributed by atoms with Crippen LogP contribution in [0.1, 0.15) is 26.2 Å². The molecule has 1 fully saturated rings. The van der Waals surface area contributed by atoms with Crippen LogP contribution in [0.3, 0.4) is 0 Å². The SMILES string of the molecule is CCN1CCCC(CC#CCO)C1. The fourth-order valence-electron chi connectivity index (χ4n) is 1.88. The molecule has 74 valence electrons. The lowest BCUT2D eigenvalue weighted by atomic mass is 9.95. The van der Waals surface area contributed by atoms with E-state index in [9.17, 15) is 0 Å². The largest absolute Gasteiger partial charge is 0.384 e. The lowest BCUT2D eigenvalue weighted by Crippen LogP contribution is -2.34. The number of hydrogen-bond acceptors (Lipinski definition) is 2. The molecule has 0 amide bonds. The predicted octanol–water partition coefficient (Wildman–Crippen LogP) is 1.10. The highest BCUT2D eigenvalue weighted by molar-refractivity contribution is 5.00. The summed E-state index contributed by atoms with van der Waals surface area (Å²) in [6.07, 6.45) is 3.56. The van der Waals surface area contributed by atoms with Crippen LogP contribution in [0.2, 0.25) is 0 Å². The Balaban J connectivity index is 2.25. The maximum absolute atomic E-state index is 8.51. The molecule has 1 atom stereocenters. The number of nitrogens with zero attached hydrogens (tertiary/aromatic N) is 1. The Hall–Kier alpha value is -0.520. The van der Waals surface area contributed by atoms with E-state index in [4.69, 9.17) is 5.11 Å². The van der Waals surface area contributed by atoms with Crippen LogP contribution in [-0.4, -0.2) is 36.2 Å². The molecule has 1 heterocycles. The van der Waals surface area contributed by atoms with Crippen molar-refractivity contribution >= 4 is 0 Å². The highest BCUT2D eigenvalue weighted by Gasteiger charge is 2.17. The van der Waals surface area contributed by atoms with Crippen LogP contribution in [0, 0.1) is 17.8 Å². The molecule has 0 bridgehead atoms. The number of hydrogen-bond donors (Lipinski definition) is 1. The van der Waals surface area contributed by atoms with E-state index in [1.54, 1.807) is 0 Å². The molecule has 0 aromatic rings. The van der Waals surface area contributed by atoms with Crippen LogP contribution >= 0.6 is 0 Å². The second-order valence-electron chi connectivity index (χ2n) is 3.62. The van der Waals surface area contributed by atoms with Crippen LogP contribution < -0.4 is 0 Å². The molecule has 13 heavy (non-hydrogen) atoms. The molecule has 1 aliphatic heterocycles. The molecule has 1 saturated heterocycles. The van der Waals surface area contributed by atoms with Crippen molar-refractivity contribution in [2.75, 3.05) is 26.2 Å². The van der Waals surface area contributed by atoms with Gasteiger partial charge in [0.2, 0.25) is 0 Å². The van der Waals surface area contributed by atoms with E-state index >= 15 is 0 Å². The Morgan fingerprint density at radius 3 is 3.00 bits per heavy atom. The minimum Gasteiger partial charge on any atom is -0.384 e. The van der Waals surface area contributed by atoms with Gasteiger partial charge in [0.15, 0.2) is 0 Å². The summed E-state index contributed by atoms with van der Waals surface area (Å²) in [6.45, 7) is 5.81. The standard InChI is InChI=1S/C11H19NO/c1-2-12-8-5-7-11(10-12)6-3-4-9-13/h11,13H,2,5-10H2,1H3. The van der Waals surface area contributed by atoms with Crippen molar-refractivity contribution in [1.82, 2.24) is 4.90 Å². The molecule has 1 unspecified atom stereocenters. The highest BCUT2D eigenvalue weighted by Crippen LogP contribution is 2.18. The third-order valence-electron chi connectivity index (χ3n) is 2.65. The molecule has 0 radical (unpaired) electrons. The number of aliphatic hydroxyl groups is 1. The van der Waals surface area contributed by atoms with Crippen molar-refractivity contribution in [2.24, 2.45) is 5.92 Å². The fourth-order valence-corrected chi connectivity index (χ4v) is 1.88. The number of likely N-dealkylation sites (tertiary alicyclic amines) is 1. The summed E-state index contributed by atoms with van der Waals surface area (Å²) in [6, 6.07) is 0. The van der Waals surface area contributed by atoms with E-state index in [0.29, 0.717) is 0 Å². The van der Waals surface area contributed by atoms with Crippen LogP contribution in [0.15, 0.2) is 0 Å². The zero-order valence-electron chi connectivity index (χ0n) is 8.42. The number of rotatable bonds is 2. The summed E-state index contributed by atoms with van der Waals surface area (Å²) in [5.74, 6) is 6.47. The summed E-state index contributed by atoms with van der Waals surface area (Å²) in [5, 5.41) is 8.51. The van der Waals surface area contributed by atoms with Crippen LogP contribution in [0.25, 0.3) is 0 Å². The minimum absolute atomic E-state index is 0.00418. The van der Waals surface area contributed by atoms with E-state index in [2.05, 4.69) is 23.7 Å². The van der Waals surface area contributed by atoms with E-state index in [0.717, 1.165) is 18.9 Å². The van der Waals surface area contributed by atoms with Gasteiger partial charge in [-0.3, -0.25) is 0 Å². The van der Waals surface area contributed by atoms with E-state index in [1.807, 2.05) is 0 Å². The lowest BCUT2D eigenvalue weighted by molar-refractivity contribution is 0.185. The first-order valence-electron chi connectivity index (χ1n) is 5.15. The van der Waals surface area contributed by atoms with Crippen molar-refractivity contribution in [3.05, 3.63) is 0 Å². The van der Waals surface area contributed by atoms with Crippen molar-refractivity contribution < 1.29 is 5.11 Å². The van der Waals surface area contributed by atoms with Crippen molar-refractivity contribution in [3.63, 3.8) is 0 Å². The fraction of sp³-hybridized carbons (Fsp3) is 0.818. The third-order valence-corrected chi connectivity index (χ3v) is 2.65. The van der Waals surface area contributed by atoms with Gasteiger partial charge in [-0.25, -0.2) is 0 Å². The maximum Gasteiger partial charge on any atom is 0.104 e. The van der Waals surface area contributed by atoms with Gasteiger partial charge in [-0.1, -0.05) is 12.8 Å². The molecular weight excluding hydrogens is 162 g/mol. The van der Waals surface area contributed by atoms with E-state index in [1.165, 1.54) is 25.9 Å². The zero-order chi connectivity index (χ0) is 9.52. The summed E-state index contributed by atoms with van der Waals surface area (Å²) >= 11 is 0. The molecule has 1 aliphatic rings. The Morgan fingerprint density at radius 1 is 1.46 bits per heavy atom. The zero-order valence-corrected chi connectivity index (χ0v) is 8.42. The quantitative estimate of drug-likeness (QED) is 0.645. The van der Waals surface area contributed by atoms with Crippen LogP contribution in [0.5, 0.6) is 0 Å². The van der Waals surface area contributed by atoms with Crippen molar-refractivity contribution in [2.45, 2.75) is 26.2 Å². The summed E-state index contributed by atoms with van der Waals surface area (Å²) in [4.78, 5) is 2.48. The van der Waals surface area contributed by atoms with Crippen molar-refractivity contribution in [1.29, 1.82) is 0 Å². The van der Waals surface area contributed by atoms with Crippen LogP contribution in [-0.2, 0) is 0 Å². The Morgan fingerprint density at radius 2 is 2.31 bits per heavy atom. The van der Waals surface area contributed by atoms with Gasteiger partial charge in [-0.05, 0) is 31.8 Å². The Labute approximate surface area is 80.9 Å². The van der Waals surface area contributed by atoms with Gasteiger partial charge in [0.05, 0.1) is 0 Å². The Bertz CT molecular complexity index is 192. The first kappa shape index (κ1) is 10.6. The minimum atomic E-state index is 0.00418. The monoisotopic (exact) mass is 181 g/mol. The average Bonchev–Trinajstić information content (AvgIpc) is 2.19. The topological polar surface area (TPSA) is 23.5 Å². The molecule has 2 nitrogen and oxygen atoms in total. The highest BCUT2D eigenvalue weighted by atomic mass is 16.2. The normalized spacial score (nSPS) is 23.7. The van der Waals surface area contributed by atoms with Crippen LogP contribution in [0.4, 0.5) is 0 Å². The predicted molar refractivity (Wildman–Crippen MR) is 54.3 cm³/mol.